The maximum Gasteiger partial charge on any atom is 0.451 e. The Kier molecular flexibility index (Phi) is 7.44. The van der Waals surface area contributed by atoms with Gasteiger partial charge in [0.1, 0.15) is 5.54 Å². The van der Waals surface area contributed by atoms with Crippen LogP contribution in [0.25, 0.3) is 0 Å². The Hall–Kier alpha value is -1.41. The Morgan fingerprint density at radius 2 is 2.00 bits per heavy atom. The minimum atomic E-state index is -1.34. The summed E-state index contributed by atoms with van der Waals surface area (Å²) in [6.07, 6.45) is 3.51. The molecule has 25 heavy (non-hydrogen) atoms. The van der Waals surface area contributed by atoms with Gasteiger partial charge in [-0.3, -0.25) is 4.79 Å². The molecule has 1 heterocycles. The zero-order chi connectivity index (χ0) is 18.3. The topological polar surface area (TPSA) is 107 Å². The molecule has 1 aromatic carbocycles. The number of unbranched alkanes of at least 4 members (excludes halogenated alkanes) is 1. The Morgan fingerprint density at radius 3 is 2.64 bits per heavy atom. The van der Waals surface area contributed by atoms with E-state index in [1.54, 1.807) is 0 Å². The van der Waals surface area contributed by atoms with Crippen LogP contribution < -0.4 is 5.73 Å². The Balaban J connectivity index is 1.84. The molecule has 7 heteroatoms. The van der Waals surface area contributed by atoms with Crippen molar-refractivity contribution in [3.63, 3.8) is 0 Å². The van der Waals surface area contributed by atoms with Crippen LogP contribution in [0, 0.1) is 5.92 Å². The summed E-state index contributed by atoms with van der Waals surface area (Å²) < 4.78 is 0. The van der Waals surface area contributed by atoms with Crippen molar-refractivity contribution in [2.24, 2.45) is 11.7 Å². The molecule has 1 saturated heterocycles. The van der Waals surface area contributed by atoms with Crippen LogP contribution in [0.2, 0.25) is 6.32 Å². The molecule has 0 aromatic heterocycles. The number of hydrogen-bond donors (Lipinski definition) is 4. The van der Waals surface area contributed by atoms with Gasteiger partial charge in [-0.25, -0.2) is 0 Å². The number of aliphatic carboxylic acids is 1. The molecule has 0 saturated carbocycles. The third kappa shape index (κ3) is 5.82. The summed E-state index contributed by atoms with van der Waals surface area (Å²) in [5, 5.41) is 27.4. The first-order valence-electron chi connectivity index (χ1n) is 9.06. The standard InChI is InChI=1S/C18H29BN2O4/c20-18(17(22)23,10-4-5-11-19(24)25)16-9-13-21(14-16)12-8-15-6-2-1-3-7-15/h1-3,6-7,16,24-25H,4-5,8-14,20H2,(H,22,23)/t16-,18?/m0/s1. The fourth-order valence-corrected chi connectivity index (χ4v) is 3.62. The molecule has 1 unspecified atom stereocenters. The van der Waals surface area contributed by atoms with Gasteiger partial charge in [0.15, 0.2) is 0 Å². The molecule has 0 aliphatic carbocycles. The molecule has 0 bridgehead atoms. The van der Waals surface area contributed by atoms with Crippen molar-refractivity contribution in [3.8, 4) is 0 Å². The number of carboxylic acids is 1. The SMILES string of the molecule is NC(CCCCB(O)O)(C(=O)O)[C@H]1CCN(CCc2ccccc2)C1. The maximum atomic E-state index is 11.8. The molecule has 5 N–H and O–H groups in total. The van der Waals surface area contributed by atoms with Gasteiger partial charge in [-0.1, -0.05) is 43.2 Å². The molecule has 0 spiro atoms. The zero-order valence-corrected chi connectivity index (χ0v) is 14.7. The Morgan fingerprint density at radius 1 is 1.28 bits per heavy atom. The van der Waals surface area contributed by atoms with Crippen molar-refractivity contribution in [3.05, 3.63) is 35.9 Å². The number of likely N-dealkylation sites (tertiary alicyclic amines) is 1. The highest BCUT2D eigenvalue weighted by molar-refractivity contribution is 6.40. The molecule has 2 atom stereocenters. The molecule has 6 nitrogen and oxygen atoms in total. The van der Waals surface area contributed by atoms with E-state index < -0.39 is 18.6 Å². The molecule has 0 amide bonds. The number of nitrogens with zero attached hydrogens (tertiary/aromatic N) is 1. The molecule has 138 valence electrons. The molecular weight excluding hydrogens is 319 g/mol. The zero-order valence-electron chi connectivity index (χ0n) is 14.7. The lowest BCUT2D eigenvalue weighted by molar-refractivity contribution is -0.145. The predicted molar refractivity (Wildman–Crippen MR) is 98.1 cm³/mol. The van der Waals surface area contributed by atoms with Crippen molar-refractivity contribution >= 4 is 13.1 Å². The summed E-state index contributed by atoms with van der Waals surface area (Å²) in [7, 11) is -1.34. The van der Waals surface area contributed by atoms with Crippen LogP contribution in [-0.2, 0) is 11.2 Å². The summed E-state index contributed by atoms with van der Waals surface area (Å²) in [6.45, 7) is 2.49. The molecule has 1 aliphatic rings. The third-order valence-corrected chi connectivity index (χ3v) is 5.26. The highest BCUT2D eigenvalue weighted by atomic mass is 16.4. The van der Waals surface area contributed by atoms with Gasteiger partial charge in [-0.2, -0.15) is 0 Å². The van der Waals surface area contributed by atoms with Crippen molar-refractivity contribution in [1.82, 2.24) is 4.90 Å². The molecule has 1 aliphatic heterocycles. The van der Waals surface area contributed by atoms with Crippen LogP contribution in [0.15, 0.2) is 30.3 Å². The second kappa shape index (κ2) is 9.34. The summed E-state index contributed by atoms with van der Waals surface area (Å²) in [5.74, 6) is -1.02. The van der Waals surface area contributed by atoms with Crippen LogP contribution in [0.5, 0.6) is 0 Å². The average molecular weight is 348 g/mol. The molecule has 0 radical (unpaired) electrons. The minimum Gasteiger partial charge on any atom is -0.480 e. The largest absolute Gasteiger partial charge is 0.480 e. The molecular formula is C18H29BN2O4. The fraction of sp³-hybridized carbons (Fsp3) is 0.611. The molecule has 1 fully saturated rings. The van der Waals surface area contributed by atoms with E-state index >= 15 is 0 Å². The van der Waals surface area contributed by atoms with E-state index in [-0.39, 0.29) is 12.2 Å². The van der Waals surface area contributed by atoms with Gasteiger partial charge in [-0.15, -0.1) is 0 Å². The number of carboxylic acid groups (broad SMARTS) is 1. The Labute approximate surface area is 149 Å². The molecule has 2 rings (SSSR count). The second-order valence-electron chi connectivity index (χ2n) is 7.09. The van der Waals surface area contributed by atoms with Crippen molar-refractivity contribution < 1.29 is 19.9 Å². The normalized spacial score (nSPS) is 20.4. The van der Waals surface area contributed by atoms with E-state index in [9.17, 15) is 9.90 Å². The Bertz CT molecular complexity index is 543. The van der Waals surface area contributed by atoms with E-state index in [1.165, 1.54) is 5.56 Å². The van der Waals surface area contributed by atoms with E-state index in [0.717, 1.165) is 25.9 Å². The second-order valence-corrected chi connectivity index (χ2v) is 7.09. The summed E-state index contributed by atoms with van der Waals surface area (Å²) in [6, 6.07) is 10.3. The number of nitrogens with two attached hydrogens (primary N) is 1. The summed E-state index contributed by atoms with van der Waals surface area (Å²) >= 11 is 0. The number of benzene rings is 1. The van der Waals surface area contributed by atoms with Crippen molar-refractivity contribution in [2.75, 3.05) is 19.6 Å². The first-order valence-corrected chi connectivity index (χ1v) is 9.06. The van der Waals surface area contributed by atoms with Crippen LogP contribution in [0.1, 0.15) is 31.2 Å². The predicted octanol–water partition coefficient (Wildman–Crippen LogP) is 0.976. The summed E-state index contributed by atoms with van der Waals surface area (Å²) in [4.78, 5) is 14.1. The van der Waals surface area contributed by atoms with Crippen LogP contribution in [-0.4, -0.2) is 58.3 Å². The van der Waals surface area contributed by atoms with E-state index in [0.29, 0.717) is 25.8 Å². The monoisotopic (exact) mass is 348 g/mol. The fourth-order valence-electron chi connectivity index (χ4n) is 3.62. The number of hydrogen-bond acceptors (Lipinski definition) is 5. The van der Waals surface area contributed by atoms with Gasteiger partial charge in [0.2, 0.25) is 0 Å². The van der Waals surface area contributed by atoms with E-state index in [4.69, 9.17) is 15.8 Å². The third-order valence-electron chi connectivity index (χ3n) is 5.26. The molecule has 1 aromatic rings. The van der Waals surface area contributed by atoms with Crippen LogP contribution >= 0.6 is 0 Å². The number of carbonyl (C=O) groups is 1. The van der Waals surface area contributed by atoms with Crippen LogP contribution in [0.3, 0.4) is 0 Å². The maximum absolute atomic E-state index is 11.8. The lowest BCUT2D eigenvalue weighted by Gasteiger charge is -2.31. The minimum absolute atomic E-state index is 0.0696. The van der Waals surface area contributed by atoms with Gasteiger partial charge >= 0.3 is 13.1 Å². The first-order chi connectivity index (χ1) is 11.9. The van der Waals surface area contributed by atoms with Gasteiger partial charge < -0.3 is 25.8 Å². The lowest BCUT2D eigenvalue weighted by atomic mass is 9.77. The van der Waals surface area contributed by atoms with E-state index in [2.05, 4.69) is 17.0 Å². The smallest absolute Gasteiger partial charge is 0.451 e. The summed E-state index contributed by atoms with van der Waals surface area (Å²) in [5.41, 5.74) is 6.33. The van der Waals surface area contributed by atoms with Crippen LogP contribution in [0.4, 0.5) is 0 Å². The first kappa shape index (κ1) is 19.9. The van der Waals surface area contributed by atoms with E-state index in [1.807, 2.05) is 18.2 Å². The van der Waals surface area contributed by atoms with Crippen molar-refractivity contribution in [1.29, 1.82) is 0 Å². The van der Waals surface area contributed by atoms with Gasteiger partial charge in [0.25, 0.3) is 0 Å². The van der Waals surface area contributed by atoms with Gasteiger partial charge in [0.05, 0.1) is 0 Å². The number of rotatable bonds is 10. The van der Waals surface area contributed by atoms with Gasteiger partial charge in [-0.05, 0) is 37.7 Å². The van der Waals surface area contributed by atoms with Crippen molar-refractivity contribution in [2.45, 2.75) is 44.0 Å². The quantitative estimate of drug-likeness (QED) is 0.371. The highest BCUT2D eigenvalue weighted by Gasteiger charge is 2.44. The van der Waals surface area contributed by atoms with Gasteiger partial charge in [0, 0.05) is 19.0 Å². The lowest BCUT2D eigenvalue weighted by Crippen LogP contribution is -2.55. The highest BCUT2D eigenvalue weighted by Crippen LogP contribution is 2.30. The average Bonchev–Trinajstić information content (AvgIpc) is 3.07.